The minimum Gasteiger partial charge on any atom is -0.381 e. The maximum Gasteiger partial charge on any atom is 0.274 e. The molecule has 0 bridgehead atoms. The van der Waals surface area contributed by atoms with Crippen molar-refractivity contribution in [2.24, 2.45) is 0 Å². The van der Waals surface area contributed by atoms with E-state index >= 15 is 0 Å². The van der Waals surface area contributed by atoms with E-state index in [-0.39, 0.29) is 5.91 Å². The molecule has 3 rings (SSSR count). The van der Waals surface area contributed by atoms with E-state index < -0.39 is 0 Å². The van der Waals surface area contributed by atoms with Gasteiger partial charge in [0.05, 0.1) is 0 Å². The van der Waals surface area contributed by atoms with Gasteiger partial charge in [0, 0.05) is 29.1 Å². The lowest BCUT2D eigenvalue weighted by Gasteiger charge is -2.11. The lowest BCUT2D eigenvalue weighted by atomic mass is 10.1. The fraction of sp³-hybridized carbons (Fsp3) is 0.143. The zero-order chi connectivity index (χ0) is 18.5. The van der Waals surface area contributed by atoms with Crippen LogP contribution in [0.5, 0.6) is 0 Å². The Labute approximate surface area is 158 Å². The zero-order valence-corrected chi connectivity index (χ0v) is 15.5. The molecule has 3 aromatic rings. The van der Waals surface area contributed by atoms with E-state index in [0.29, 0.717) is 17.3 Å². The highest BCUT2D eigenvalue weighted by atomic mass is 35.5. The number of anilines is 2. The van der Waals surface area contributed by atoms with Crippen LogP contribution in [0.2, 0.25) is 5.02 Å². The van der Waals surface area contributed by atoms with Crippen molar-refractivity contribution in [1.29, 1.82) is 0 Å². The van der Waals surface area contributed by atoms with Crippen LogP contribution in [0.3, 0.4) is 0 Å². The highest BCUT2D eigenvalue weighted by Crippen LogP contribution is 2.18. The van der Waals surface area contributed by atoms with Crippen molar-refractivity contribution in [2.45, 2.75) is 20.4 Å². The number of benzene rings is 2. The van der Waals surface area contributed by atoms with Crippen LogP contribution in [0.15, 0.2) is 60.8 Å². The average molecular weight is 366 g/mol. The van der Waals surface area contributed by atoms with Crippen molar-refractivity contribution in [2.75, 3.05) is 10.6 Å². The summed E-state index contributed by atoms with van der Waals surface area (Å²) in [7, 11) is 0. The maximum atomic E-state index is 12.5. The summed E-state index contributed by atoms with van der Waals surface area (Å²) in [6, 6.07) is 17.2. The van der Waals surface area contributed by atoms with Crippen LogP contribution in [0.4, 0.5) is 11.4 Å². The van der Waals surface area contributed by atoms with Gasteiger partial charge in [0.25, 0.3) is 5.91 Å². The largest absolute Gasteiger partial charge is 0.381 e. The highest BCUT2D eigenvalue weighted by Gasteiger charge is 2.10. The Morgan fingerprint density at radius 3 is 2.58 bits per heavy atom. The second-order valence-electron chi connectivity index (χ2n) is 6.18. The molecule has 1 aromatic heterocycles. The number of nitrogens with one attached hydrogen (secondary N) is 2. The average Bonchev–Trinajstić information content (AvgIpc) is 2.64. The molecule has 0 saturated heterocycles. The zero-order valence-electron chi connectivity index (χ0n) is 14.7. The van der Waals surface area contributed by atoms with E-state index in [2.05, 4.69) is 15.6 Å². The van der Waals surface area contributed by atoms with Crippen molar-refractivity contribution in [1.82, 2.24) is 4.98 Å². The quantitative estimate of drug-likeness (QED) is 0.652. The SMILES string of the molecule is Cc1ccc(C)c(NC(=O)c2cc(NCc3ccc(Cl)cc3)ccn2)c1. The first-order chi connectivity index (χ1) is 12.5. The molecule has 0 aliphatic heterocycles. The standard InChI is InChI=1S/C21H20ClN3O/c1-14-3-4-15(2)19(11-14)25-21(26)20-12-18(9-10-23-20)24-13-16-5-7-17(22)8-6-16/h3-12H,13H2,1-2H3,(H,23,24)(H,25,26). The lowest BCUT2D eigenvalue weighted by molar-refractivity contribution is 0.102. The van der Waals surface area contributed by atoms with Gasteiger partial charge in [-0.25, -0.2) is 0 Å². The summed E-state index contributed by atoms with van der Waals surface area (Å²) in [5, 5.41) is 6.94. The third-order valence-corrected chi connectivity index (χ3v) is 4.30. The third-order valence-electron chi connectivity index (χ3n) is 4.04. The van der Waals surface area contributed by atoms with Gasteiger partial charge >= 0.3 is 0 Å². The molecule has 0 saturated carbocycles. The first kappa shape index (κ1) is 18.0. The molecule has 26 heavy (non-hydrogen) atoms. The van der Waals surface area contributed by atoms with Crippen LogP contribution < -0.4 is 10.6 Å². The van der Waals surface area contributed by atoms with Crippen molar-refractivity contribution in [3.63, 3.8) is 0 Å². The molecule has 0 fully saturated rings. The number of amides is 1. The topological polar surface area (TPSA) is 54.0 Å². The van der Waals surface area contributed by atoms with Crippen molar-refractivity contribution >= 4 is 28.9 Å². The number of rotatable bonds is 5. The van der Waals surface area contributed by atoms with Gasteiger partial charge in [-0.2, -0.15) is 0 Å². The van der Waals surface area contributed by atoms with Gasteiger partial charge in [-0.15, -0.1) is 0 Å². The fourth-order valence-electron chi connectivity index (χ4n) is 2.53. The molecule has 0 spiro atoms. The number of aromatic nitrogens is 1. The Hall–Kier alpha value is -2.85. The van der Waals surface area contributed by atoms with Crippen LogP contribution in [0, 0.1) is 13.8 Å². The van der Waals surface area contributed by atoms with E-state index in [0.717, 1.165) is 28.1 Å². The van der Waals surface area contributed by atoms with Crippen molar-refractivity contribution in [3.8, 4) is 0 Å². The minimum absolute atomic E-state index is 0.228. The Bertz CT molecular complexity index is 923. The summed E-state index contributed by atoms with van der Waals surface area (Å²) in [6.07, 6.45) is 1.63. The van der Waals surface area contributed by atoms with E-state index in [1.165, 1.54) is 0 Å². The number of nitrogens with zero attached hydrogens (tertiary/aromatic N) is 1. The number of carbonyl (C=O) groups is 1. The summed E-state index contributed by atoms with van der Waals surface area (Å²) in [6.45, 7) is 4.60. The molecular formula is C21H20ClN3O. The molecule has 4 nitrogen and oxygen atoms in total. The van der Waals surface area contributed by atoms with Crippen LogP contribution in [0.25, 0.3) is 0 Å². The van der Waals surface area contributed by atoms with Gasteiger partial charge < -0.3 is 10.6 Å². The molecule has 132 valence electrons. The van der Waals surface area contributed by atoms with Crippen LogP contribution in [-0.4, -0.2) is 10.9 Å². The maximum absolute atomic E-state index is 12.5. The second-order valence-corrected chi connectivity index (χ2v) is 6.62. The predicted molar refractivity (Wildman–Crippen MR) is 107 cm³/mol. The summed E-state index contributed by atoms with van der Waals surface area (Å²) in [4.78, 5) is 16.7. The molecule has 2 aromatic carbocycles. The summed E-state index contributed by atoms with van der Waals surface area (Å²) in [5.41, 5.74) is 5.22. The second kappa shape index (κ2) is 8.02. The molecule has 1 amide bonds. The molecule has 0 atom stereocenters. The smallest absolute Gasteiger partial charge is 0.274 e. The van der Waals surface area contributed by atoms with Gasteiger partial charge in [-0.05, 0) is 60.9 Å². The summed E-state index contributed by atoms with van der Waals surface area (Å²) in [5.74, 6) is -0.228. The fourth-order valence-corrected chi connectivity index (χ4v) is 2.65. The third kappa shape index (κ3) is 4.61. The number of hydrogen-bond acceptors (Lipinski definition) is 3. The van der Waals surface area contributed by atoms with E-state index in [4.69, 9.17) is 11.6 Å². The monoisotopic (exact) mass is 365 g/mol. The van der Waals surface area contributed by atoms with Gasteiger partial charge in [-0.3, -0.25) is 9.78 Å². The van der Waals surface area contributed by atoms with Gasteiger partial charge in [0.1, 0.15) is 5.69 Å². The van der Waals surface area contributed by atoms with Crippen molar-refractivity contribution in [3.05, 3.63) is 88.2 Å². The normalized spacial score (nSPS) is 10.4. The predicted octanol–water partition coefficient (Wildman–Crippen LogP) is 5.22. The minimum atomic E-state index is -0.228. The molecular weight excluding hydrogens is 346 g/mol. The number of halogens is 1. The molecule has 1 heterocycles. The van der Waals surface area contributed by atoms with E-state index in [1.807, 2.05) is 62.4 Å². The van der Waals surface area contributed by atoms with Gasteiger partial charge in [0.15, 0.2) is 0 Å². The summed E-state index contributed by atoms with van der Waals surface area (Å²) >= 11 is 5.90. The Morgan fingerprint density at radius 1 is 1.04 bits per heavy atom. The Morgan fingerprint density at radius 2 is 1.81 bits per heavy atom. The molecule has 5 heteroatoms. The molecule has 0 unspecified atom stereocenters. The van der Waals surface area contributed by atoms with Gasteiger partial charge in [-0.1, -0.05) is 35.9 Å². The number of hydrogen-bond donors (Lipinski definition) is 2. The molecule has 2 N–H and O–H groups in total. The number of aryl methyl sites for hydroxylation is 2. The number of pyridine rings is 1. The van der Waals surface area contributed by atoms with Crippen LogP contribution in [0.1, 0.15) is 27.2 Å². The van der Waals surface area contributed by atoms with Crippen molar-refractivity contribution < 1.29 is 4.79 Å². The van der Waals surface area contributed by atoms with E-state index in [1.54, 1.807) is 12.3 Å². The van der Waals surface area contributed by atoms with E-state index in [9.17, 15) is 4.79 Å². The number of carbonyl (C=O) groups excluding carboxylic acids is 1. The lowest BCUT2D eigenvalue weighted by Crippen LogP contribution is -2.15. The highest BCUT2D eigenvalue weighted by molar-refractivity contribution is 6.30. The first-order valence-corrected chi connectivity index (χ1v) is 8.72. The molecule has 0 aliphatic rings. The molecule has 0 radical (unpaired) electrons. The Kier molecular flexibility index (Phi) is 5.54. The summed E-state index contributed by atoms with van der Waals surface area (Å²) < 4.78 is 0. The molecule has 0 aliphatic carbocycles. The van der Waals surface area contributed by atoms with Gasteiger partial charge in [0.2, 0.25) is 0 Å². The van der Waals surface area contributed by atoms with Crippen LogP contribution >= 0.6 is 11.6 Å². The van der Waals surface area contributed by atoms with Crippen LogP contribution in [-0.2, 0) is 6.54 Å². The first-order valence-electron chi connectivity index (χ1n) is 8.34. The Balaban J connectivity index is 1.69.